The highest BCUT2D eigenvalue weighted by molar-refractivity contribution is 6.36. The summed E-state index contributed by atoms with van der Waals surface area (Å²) >= 11 is 13.4. The van der Waals surface area contributed by atoms with Gasteiger partial charge in [-0.25, -0.2) is 0 Å². The first-order chi connectivity index (χ1) is 17.0. The normalized spacial score (nSPS) is 21.5. The third-order valence-electron chi connectivity index (χ3n) is 7.46. The highest BCUT2D eigenvalue weighted by atomic mass is 35.5. The second-order valence-electron chi connectivity index (χ2n) is 9.60. The average molecular weight is 516 g/mol. The highest BCUT2D eigenvalue weighted by Gasteiger charge is 2.36. The van der Waals surface area contributed by atoms with E-state index in [0.29, 0.717) is 54.4 Å². The standard InChI is InChI=1S/C27H31Cl2N3O3/c28-24-16-21(18-1-3-19(4-2-18)26(33)31-11-13-35-14-12-31)17-25(29)23(24)15-20-7-10-32(27(20)34)22-5-8-30-9-6-22/h1-4,16-17,20,22,30H,5-15H2/t20-/m0/s1. The second-order valence-corrected chi connectivity index (χ2v) is 10.4. The van der Waals surface area contributed by atoms with Gasteiger partial charge in [0.25, 0.3) is 5.91 Å². The Bertz CT molecular complexity index is 1060. The van der Waals surface area contributed by atoms with Crippen molar-refractivity contribution >= 4 is 35.0 Å². The SMILES string of the molecule is O=C(c1ccc(-c2cc(Cl)c(C[C@@H]3CCN(C4CCNCC4)C3=O)c(Cl)c2)cc1)N1CCOCC1. The molecule has 3 saturated heterocycles. The predicted octanol–water partition coefficient (Wildman–Crippen LogP) is 4.28. The lowest BCUT2D eigenvalue weighted by Crippen LogP contribution is -2.44. The summed E-state index contributed by atoms with van der Waals surface area (Å²) < 4.78 is 5.33. The first kappa shape index (κ1) is 24.6. The summed E-state index contributed by atoms with van der Waals surface area (Å²) in [5.74, 6) is 0.177. The molecule has 0 saturated carbocycles. The van der Waals surface area contributed by atoms with E-state index in [2.05, 4.69) is 10.2 Å². The van der Waals surface area contributed by atoms with E-state index in [9.17, 15) is 9.59 Å². The summed E-state index contributed by atoms with van der Waals surface area (Å²) in [4.78, 5) is 29.7. The molecule has 2 aromatic carbocycles. The number of halogens is 2. The minimum atomic E-state index is -0.0729. The Balaban J connectivity index is 1.27. The number of ether oxygens (including phenoxy) is 1. The van der Waals surface area contributed by atoms with Crippen molar-refractivity contribution in [2.45, 2.75) is 31.7 Å². The van der Waals surface area contributed by atoms with Gasteiger partial charge in [0.15, 0.2) is 0 Å². The zero-order chi connectivity index (χ0) is 24.4. The van der Waals surface area contributed by atoms with Crippen molar-refractivity contribution in [1.29, 1.82) is 0 Å². The van der Waals surface area contributed by atoms with Crippen LogP contribution in [0.25, 0.3) is 11.1 Å². The van der Waals surface area contributed by atoms with E-state index in [-0.39, 0.29) is 17.7 Å². The molecule has 8 heteroatoms. The smallest absolute Gasteiger partial charge is 0.254 e. The minimum Gasteiger partial charge on any atom is -0.378 e. The number of amides is 2. The first-order valence-corrected chi connectivity index (χ1v) is 13.2. The summed E-state index contributed by atoms with van der Waals surface area (Å²) in [6.07, 6.45) is 3.44. The number of hydrogen-bond donors (Lipinski definition) is 1. The third kappa shape index (κ3) is 5.36. The van der Waals surface area contributed by atoms with Crippen LogP contribution in [0.4, 0.5) is 0 Å². The van der Waals surface area contributed by atoms with Crippen LogP contribution in [-0.2, 0) is 16.0 Å². The van der Waals surface area contributed by atoms with Crippen molar-refractivity contribution < 1.29 is 14.3 Å². The van der Waals surface area contributed by atoms with Crippen LogP contribution in [0.3, 0.4) is 0 Å². The van der Waals surface area contributed by atoms with Crippen molar-refractivity contribution in [2.24, 2.45) is 5.92 Å². The number of nitrogens with one attached hydrogen (secondary N) is 1. The number of carbonyl (C=O) groups excluding carboxylic acids is 2. The maximum atomic E-state index is 13.1. The molecule has 3 fully saturated rings. The van der Waals surface area contributed by atoms with Gasteiger partial charge in [0.1, 0.15) is 0 Å². The minimum absolute atomic E-state index is 0.0195. The van der Waals surface area contributed by atoms with Crippen molar-refractivity contribution in [2.75, 3.05) is 45.9 Å². The zero-order valence-corrected chi connectivity index (χ0v) is 21.3. The fraction of sp³-hybridized carbons (Fsp3) is 0.481. The fourth-order valence-electron chi connectivity index (χ4n) is 5.40. The van der Waals surface area contributed by atoms with E-state index in [0.717, 1.165) is 55.6 Å². The van der Waals surface area contributed by atoms with Crippen molar-refractivity contribution in [3.8, 4) is 11.1 Å². The monoisotopic (exact) mass is 515 g/mol. The van der Waals surface area contributed by atoms with Gasteiger partial charge < -0.3 is 19.9 Å². The van der Waals surface area contributed by atoms with E-state index in [1.165, 1.54) is 0 Å². The van der Waals surface area contributed by atoms with Crippen LogP contribution in [0, 0.1) is 5.92 Å². The molecule has 0 aromatic heterocycles. The summed E-state index contributed by atoms with van der Waals surface area (Å²) in [5.41, 5.74) is 3.32. The van der Waals surface area contributed by atoms with Crippen LogP contribution in [0.5, 0.6) is 0 Å². The maximum Gasteiger partial charge on any atom is 0.254 e. The number of morpholine rings is 1. The molecule has 0 bridgehead atoms. The molecule has 0 radical (unpaired) electrons. The molecule has 2 aromatic rings. The second kappa shape index (κ2) is 10.9. The van der Waals surface area contributed by atoms with E-state index in [1.807, 2.05) is 41.3 Å². The Hall–Kier alpha value is -2.12. The topological polar surface area (TPSA) is 61.9 Å². The van der Waals surface area contributed by atoms with Gasteiger partial charge in [0.2, 0.25) is 5.91 Å². The number of hydrogen-bond acceptors (Lipinski definition) is 4. The van der Waals surface area contributed by atoms with E-state index < -0.39 is 0 Å². The maximum absolute atomic E-state index is 13.1. The fourth-order valence-corrected chi connectivity index (χ4v) is 6.04. The molecule has 1 atom stereocenters. The number of rotatable bonds is 5. The molecule has 3 heterocycles. The number of piperidine rings is 1. The molecule has 0 aliphatic carbocycles. The number of nitrogens with zero attached hydrogens (tertiary/aromatic N) is 2. The van der Waals surface area contributed by atoms with Crippen LogP contribution in [-0.4, -0.2) is 73.6 Å². The van der Waals surface area contributed by atoms with Gasteiger partial charge in [-0.05, 0) is 79.7 Å². The number of benzene rings is 2. The molecule has 3 aliphatic rings. The van der Waals surface area contributed by atoms with E-state index in [4.69, 9.17) is 27.9 Å². The summed E-state index contributed by atoms with van der Waals surface area (Å²) in [6, 6.07) is 11.7. The molecule has 0 spiro atoms. The summed E-state index contributed by atoms with van der Waals surface area (Å²) in [5, 5.41) is 4.52. The van der Waals surface area contributed by atoms with E-state index in [1.54, 1.807) is 0 Å². The Kier molecular flexibility index (Phi) is 7.63. The summed E-state index contributed by atoms with van der Waals surface area (Å²) in [6.45, 7) is 5.16. The van der Waals surface area contributed by atoms with Gasteiger partial charge in [-0.3, -0.25) is 9.59 Å². The van der Waals surface area contributed by atoms with Crippen LogP contribution in [0.1, 0.15) is 35.2 Å². The van der Waals surface area contributed by atoms with Crippen LogP contribution in [0.2, 0.25) is 10.0 Å². The molecule has 1 N–H and O–H groups in total. The van der Waals surface area contributed by atoms with Gasteiger partial charge >= 0.3 is 0 Å². The first-order valence-electron chi connectivity index (χ1n) is 12.5. The average Bonchev–Trinajstić information content (AvgIpc) is 3.26. The molecular formula is C27H31Cl2N3O3. The number of likely N-dealkylation sites (tertiary alicyclic amines) is 1. The molecule has 35 heavy (non-hydrogen) atoms. The molecule has 0 unspecified atom stereocenters. The van der Waals surface area contributed by atoms with Gasteiger partial charge in [-0.15, -0.1) is 0 Å². The Morgan fingerprint density at radius 2 is 1.60 bits per heavy atom. The van der Waals surface area contributed by atoms with Gasteiger partial charge in [-0.2, -0.15) is 0 Å². The van der Waals surface area contributed by atoms with Gasteiger partial charge in [0, 0.05) is 47.2 Å². The Labute approximate surface area is 216 Å². The third-order valence-corrected chi connectivity index (χ3v) is 8.13. The highest BCUT2D eigenvalue weighted by Crippen LogP contribution is 2.36. The lowest BCUT2D eigenvalue weighted by Gasteiger charge is -2.31. The molecule has 5 rings (SSSR count). The van der Waals surface area contributed by atoms with Crippen molar-refractivity contribution in [1.82, 2.24) is 15.1 Å². The molecule has 186 valence electrons. The van der Waals surface area contributed by atoms with Gasteiger partial charge in [0.05, 0.1) is 13.2 Å². The molecule has 6 nitrogen and oxygen atoms in total. The van der Waals surface area contributed by atoms with Crippen molar-refractivity contribution in [3.63, 3.8) is 0 Å². The lowest BCUT2D eigenvalue weighted by atomic mass is 9.95. The molecule has 2 amide bonds. The van der Waals surface area contributed by atoms with Gasteiger partial charge in [-0.1, -0.05) is 35.3 Å². The summed E-state index contributed by atoms with van der Waals surface area (Å²) in [7, 11) is 0. The molecule has 3 aliphatic heterocycles. The largest absolute Gasteiger partial charge is 0.378 e. The number of carbonyl (C=O) groups is 2. The lowest BCUT2D eigenvalue weighted by molar-refractivity contribution is -0.133. The van der Waals surface area contributed by atoms with Crippen LogP contribution in [0.15, 0.2) is 36.4 Å². The van der Waals surface area contributed by atoms with Crippen LogP contribution < -0.4 is 5.32 Å². The Morgan fingerprint density at radius 3 is 2.26 bits per heavy atom. The predicted molar refractivity (Wildman–Crippen MR) is 138 cm³/mol. The molecular weight excluding hydrogens is 485 g/mol. The Morgan fingerprint density at radius 1 is 0.943 bits per heavy atom. The zero-order valence-electron chi connectivity index (χ0n) is 19.8. The quantitative estimate of drug-likeness (QED) is 0.645. The van der Waals surface area contributed by atoms with E-state index >= 15 is 0 Å². The van der Waals surface area contributed by atoms with Crippen molar-refractivity contribution in [3.05, 3.63) is 57.6 Å². The van der Waals surface area contributed by atoms with Crippen LogP contribution >= 0.6 is 23.2 Å².